The van der Waals surface area contributed by atoms with Crippen LogP contribution in [-0.4, -0.2) is 23.0 Å². The molecule has 1 rings (SSSR count). The molecule has 4 heteroatoms. The maximum Gasteiger partial charge on any atom is 0.326 e. The monoisotopic (exact) mass is 199 g/mol. The van der Waals surface area contributed by atoms with Crippen LogP contribution in [0.3, 0.4) is 0 Å². The lowest BCUT2D eigenvalue weighted by Crippen LogP contribution is -2.41. The van der Waals surface area contributed by atoms with Gasteiger partial charge in [0.25, 0.3) is 0 Å². The van der Waals surface area contributed by atoms with Crippen molar-refractivity contribution in [3.05, 3.63) is 0 Å². The van der Waals surface area contributed by atoms with Gasteiger partial charge < -0.3 is 10.4 Å². The normalized spacial score (nSPS) is 25.2. The molecule has 2 atom stereocenters. The van der Waals surface area contributed by atoms with E-state index in [0.29, 0.717) is 6.42 Å². The Morgan fingerprint density at radius 3 is 2.36 bits per heavy atom. The SMILES string of the molecule is CCC(NC(=O)C1CC1(C)C)C(=O)O. The topological polar surface area (TPSA) is 66.4 Å². The number of carbonyl (C=O) groups is 2. The maximum absolute atomic E-state index is 11.5. The second-order valence-electron chi connectivity index (χ2n) is 4.55. The second-order valence-corrected chi connectivity index (χ2v) is 4.55. The van der Waals surface area contributed by atoms with E-state index in [1.807, 2.05) is 13.8 Å². The molecule has 0 radical (unpaired) electrons. The lowest BCUT2D eigenvalue weighted by molar-refractivity contribution is -0.142. The second kappa shape index (κ2) is 3.59. The van der Waals surface area contributed by atoms with Crippen molar-refractivity contribution in [2.45, 2.75) is 39.7 Å². The van der Waals surface area contributed by atoms with Gasteiger partial charge in [-0.25, -0.2) is 4.79 Å². The first kappa shape index (κ1) is 11.0. The summed E-state index contributed by atoms with van der Waals surface area (Å²) in [5, 5.41) is 11.3. The Bertz CT molecular complexity index is 260. The highest BCUT2D eigenvalue weighted by Crippen LogP contribution is 2.51. The third-order valence-corrected chi connectivity index (χ3v) is 2.85. The van der Waals surface area contributed by atoms with Crippen LogP contribution < -0.4 is 5.32 Å². The molecule has 2 N–H and O–H groups in total. The average Bonchev–Trinajstić information content (AvgIpc) is 2.70. The predicted molar refractivity (Wildman–Crippen MR) is 51.7 cm³/mol. The summed E-state index contributed by atoms with van der Waals surface area (Å²) in [5.74, 6) is -1.08. The molecule has 14 heavy (non-hydrogen) atoms. The van der Waals surface area contributed by atoms with Gasteiger partial charge in [-0.15, -0.1) is 0 Å². The lowest BCUT2D eigenvalue weighted by atomic mass is 10.1. The molecule has 0 aromatic heterocycles. The number of hydrogen-bond acceptors (Lipinski definition) is 2. The highest BCUT2D eigenvalue weighted by molar-refractivity contribution is 5.87. The number of aliphatic carboxylic acids is 1. The Balaban J connectivity index is 2.45. The highest BCUT2D eigenvalue weighted by atomic mass is 16.4. The van der Waals surface area contributed by atoms with Gasteiger partial charge in [-0.2, -0.15) is 0 Å². The molecule has 1 aliphatic carbocycles. The molecule has 1 saturated carbocycles. The van der Waals surface area contributed by atoms with Gasteiger partial charge in [0.1, 0.15) is 6.04 Å². The van der Waals surface area contributed by atoms with Crippen molar-refractivity contribution in [3.8, 4) is 0 Å². The first-order valence-electron chi connectivity index (χ1n) is 4.91. The number of amides is 1. The first-order chi connectivity index (χ1) is 6.38. The number of carboxylic acids is 1. The summed E-state index contributed by atoms with van der Waals surface area (Å²) in [5.41, 5.74) is 0.0564. The summed E-state index contributed by atoms with van der Waals surface area (Å²) in [6.45, 7) is 5.77. The summed E-state index contributed by atoms with van der Waals surface area (Å²) in [6, 6.07) is -0.737. The van der Waals surface area contributed by atoms with E-state index < -0.39 is 12.0 Å². The van der Waals surface area contributed by atoms with Gasteiger partial charge in [-0.05, 0) is 18.3 Å². The zero-order valence-electron chi connectivity index (χ0n) is 8.83. The Morgan fingerprint density at radius 2 is 2.07 bits per heavy atom. The van der Waals surface area contributed by atoms with Crippen LogP contribution in [0.1, 0.15) is 33.6 Å². The van der Waals surface area contributed by atoms with Crippen LogP contribution in [0, 0.1) is 11.3 Å². The Kier molecular flexibility index (Phi) is 2.83. The zero-order chi connectivity index (χ0) is 10.9. The summed E-state index contributed by atoms with van der Waals surface area (Å²) >= 11 is 0. The van der Waals surface area contributed by atoms with Gasteiger partial charge in [0.05, 0.1) is 0 Å². The van der Waals surface area contributed by atoms with Crippen molar-refractivity contribution < 1.29 is 14.7 Å². The summed E-state index contributed by atoms with van der Waals surface area (Å²) in [6.07, 6.45) is 1.28. The van der Waals surface area contributed by atoms with Crippen molar-refractivity contribution in [1.82, 2.24) is 5.32 Å². The van der Waals surface area contributed by atoms with Crippen molar-refractivity contribution in [1.29, 1.82) is 0 Å². The van der Waals surface area contributed by atoms with E-state index in [-0.39, 0.29) is 17.2 Å². The maximum atomic E-state index is 11.5. The molecule has 0 saturated heterocycles. The van der Waals surface area contributed by atoms with Crippen LogP contribution in [0.15, 0.2) is 0 Å². The first-order valence-corrected chi connectivity index (χ1v) is 4.91. The summed E-state index contributed by atoms with van der Waals surface area (Å²) < 4.78 is 0. The average molecular weight is 199 g/mol. The van der Waals surface area contributed by atoms with Crippen LogP contribution in [0.2, 0.25) is 0 Å². The third-order valence-electron chi connectivity index (χ3n) is 2.85. The zero-order valence-corrected chi connectivity index (χ0v) is 8.83. The van der Waals surface area contributed by atoms with E-state index in [4.69, 9.17) is 5.11 Å². The van der Waals surface area contributed by atoms with E-state index in [2.05, 4.69) is 5.32 Å². The van der Waals surface area contributed by atoms with Gasteiger partial charge >= 0.3 is 5.97 Å². The third kappa shape index (κ3) is 2.25. The van der Waals surface area contributed by atoms with Gasteiger partial charge in [-0.1, -0.05) is 20.8 Å². The number of rotatable bonds is 4. The van der Waals surface area contributed by atoms with Gasteiger partial charge in [-0.3, -0.25) is 4.79 Å². The van der Waals surface area contributed by atoms with Gasteiger partial charge in [0.15, 0.2) is 0 Å². The minimum atomic E-state index is -0.959. The molecule has 0 bridgehead atoms. The van der Waals surface area contributed by atoms with Gasteiger partial charge in [0.2, 0.25) is 5.91 Å². The molecular weight excluding hydrogens is 182 g/mol. The quantitative estimate of drug-likeness (QED) is 0.710. The molecule has 0 aromatic carbocycles. The minimum Gasteiger partial charge on any atom is -0.480 e. The van der Waals surface area contributed by atoms with E-state index >= 15 is 0 Å². The molecule has 0 aromatic rings. The highest BCUT2D eigenvalue weighted by Gasteiger charge is 2.50. The number of hydrogen-bond donors (Lipinski definition) is 2. The lowest BCUT2D eigenvalue weighted by Gasteiger charge is -2.12. The molecule has 4 nitrogen and oxygen atoms in total. The Morgan fingerprint density at radius 1 is 1.57 bits per heavy atom. The van der Waals surface area contributed by atoms with Crippen LogP contribution in [0.25, 0.3) is 0 Å². The van der Waals surface area contributed by atoms with E-state index in [0.717, 1.165) is 6.42 Å². The van der Waals surface area contributed by atoms with E-state index in [1.54, 1.807) is 6.92 Å². The van der Waals surface area contributed by atoms with Crippen molar-refractivity contribution in [2.75, 3.05) is 0 Å². The smallest absolute Gasteiger partial charge is 0.326 e. The summed E-state index contributed by atoms with van der Waals surface area (Å²) in [7, 11) is 0. The van der Waals surface area contributed by atoms with E-state index in [9.17, 15) is 9.59 Å². The Hall–Kier alpha value is -1.06. The van der Waals surface area contributed by atoms with Crippen molar-refractivity contribution >= 4 is 11.9 Å². The fourth-order valence-corrected chi connectivity index (χ4v) is 1.53. The van der Waals surface area contributed by atoms with Crippen molar-refractivity contribution in [2.24, 2.45) is 11.3 Å². The van der Waals surface area contributed by atoms with Crippen LogP contribution in [0.5, 0.6) is 0 Å². The van der Waals surface area contributed by atoms with Crippen LogP contribution in [0.4, 0.5) is 0 Å². The van der Waals surface area contributed by atoms with Gasteiger partial charge in [0, 0.05) is 5.92 Å². The molecule has 2 unspecified atom stereocenters. The number of carboxylic acid groups (broad SMARTS) is 1. The van der Waals surface area contributed by atoms with Crippen LogP contribution in [-0.2, 0) is 9.59 Å². The molecule has 80 valence electrons. The molecule has 0 heterocycles. The largest absolute Gasteiger partial charge is 0.480 e. The number of carbonyl (C=O) groups excluding carboxylic acids is 1. The molecule has 1 amide bonds. The van der Waals surface area contributed by atoms with Crippen molar-refractivity contribution in [3.63, 3.8) is 0 Å². The summed E-state index contributed by atoms with van der Waals surface area (Å²) in [4.78, 5) is 22.2. The van der Waals surface area contributed by atoms with E-state index in [1.165, 1.54) is 0 Å². The standard InChI is InChI=1S/C10H17NO3/c1-4-7(9(13)14)11-8(12)6-5-10(6,2)3/h6-7H,4-5H2,1-3H3,(H,11,12)(H,13,14). The molecule has 1 fully saturated rings. The Labute approximate surface area is 83.7 Å². The predicted octanol–water partition coefficient (Wildman–Crippen LogP) is 1.01. The van der Waals surface area contributed by atoms with Crippen LogP contribution >= 0.6 is 0 Å². The fraction of sp³-hybridized carbons (Fsp3) is 0.800. The molecule has 0 aliphatic heterocycles. The molecule has 1 aliphatic rings. The number of nitrogens with one attached hydrogen (secondary N) is 1. The molecular formula is C10H17NO3. The molecule has 0 spiro atoms. The minimum absolute atomic E-state index is 0.00380. The fourth-order valence-electron chi connectivity index (χ4n) is 1.53.